The number of esters is 1. The van der Waals surface area contributed by atoms with Crippen molar-refractivity contribution in [2.75, 3.05) is 19.7 Å². The molecule has 0 fully saturated rings. The molecule has 0 aliphatic heterocycles. The number of ether oxygens (including phenoxy) is 2. The van der Waals surface area contributed by atoms with Crippen molar-refractivity contribution in [1.29, 1.82) is 0 Å². The molecule has 3 atom stereocenters. The molecule has 0 aromatic heterocycles. The standard InChI is InChI=1S/C26H44N2O4/c1-10-15-27(16-11-2)24-22(28(19(6)29)26(7,8)9)17-20(25(30)31-14-5)18-23(24)32-21(12-3)13-4/h10-11,18,21-24H,1-2,12-17H2,3-9H3/t22-,23-,24+/m1/s1. The minimum Gasteiger partial charge on any atom is -0.463 e. The molecule has 0 aromatic rings. The van der Waals surface area contributed by atoms with Crippen molar-refractivity contribution < 1.29 is 19.1 Å². The Kier molecular flexibility index (Phi) is 11.4. The van der Waals surface area contributed by atoms with Crippen LogP contribution in [0.15, 0.2) is 37.0 Å². The Balaban J connectivity index is 3.68. The van der Waals surface area contributed by atoms with Gasteiger partial charge in [-0.3, -0.25) is 9.69 Å². The fraction of sp³-hybridized carbons (Fsp3) is 0.692. The van der Waals surface area contributed by atoms with Gasteiger partial charge in [-0.25, -0.2) is 4.79 Å². The van der Waals surface area contributed by atoms with Gasteiger partial charge in [0.2, 0.25) is 5.91 Å². The highest BCUT2D eigenvalue weighted by atomic mass is 16.5. The van der Waals surface area contributed by atoms with Crippen molar-refractivity contribution in [3.8, 4) is 0 Å². The Labute approximate surface area is 195 Å². The summed E-state index contributed by atoms with van der Waals surface area (Å²) >= 11 is 0. The topological polar surface area (TPSA) is 59.1 Å². The molecule has 0 saturated heterocycles. The lowest BCUT2D eigenvalue weighted by molar-refractivity contribution is -0.146. The number of carbonyl (C=O) groups excluding carboxylic acids is 2. The first kappa shape index (κ1) is 28.1. The molecule has 1 rings (SSSR count). The van der Waals surface area contributed by atoms with Crippen LogP contribution in [-0.2, 0) is 19.1 Å². The number of carbonyl (C=O) groups is 2. The van der Waals surface area contributed by atoms with E-state index in [-0.39, 0.29) is 36.2 Å². The van der Waals surface area contributed by atoms with Gasteiger partial charge in [-0.1, -0.05) is 26.0 Å². The van der Waals surface area contributed by atoms with Crippen LogP contribution < -0.4 is 0 Å². The summed E-state index contributed by atoms with van der Waals surface area (Å²) in [5, 5.41) is 0. The number of hydrogen-bond donors (Lipinski definition) is 0. The minimum atomic E-state index is -0.431. The molecule has 0 aromatic carbocycles. The maximum Gasteiger partial charge on any atom is 0.333 e. The van der Waals surface area contributed by atoms with E-state index in [0.717, 1.165) is 12.8 Å². The molecule has 1 aliphatic carbocycles. The second-order valence-corrected chi connectivity index (χ2v) is 9.30. The third kappa shape index (κ3) is 7.31. The summed E-state index contributed by atoms with van der Waals surface area (Å²) in [6, 6.07) is -0.427. The molecule has 0 unspecified atom stereocenters. The second-order valence-electron chi connectivity index (χ2n) is 9.30. The lowest BCUT2D eigenvalue weighted by atomic mass is 9.83. The van der Waals surface area contributed by atoms with E-state index in [4.69, 9.17) is 9.47 Å². The summed E-state index contributed by atoms with van der Waals surface area (Å²) in [5.74, 6) is -0.374. The van der Waals surface area contributed by atoms with E-state index in [1.54, 1.807) is 13.8 Å². The predicted molar refractivity (Wildman–Crippen MR) is 130 cm³/mol. The van der Waals surface area contributed by atoms with Crippen molar-refractivity contribution in [1.82, 2.24) is 9.80 Å². The first-order chi connectivity index (χ1) is 15.0. The molecule has 182 valence electrons. The van der Waals surface area contributed by atoms with Gasteiger partial charge < -0.3 is 14.4 Å². The molecule has 0 saturated carbocycles. The largest absolute Gasteiger partial charge is 0.463 e. The third-order valence-electron chi connectivity index (χ3n) is 5.87. The number of nitrogens with zero attached hydrogens (tertiary/aromatic N) is 2. The molecule has 0 spiro atoms. The third-order valence-corrected chi connectivity index (χ3v) is 5.87. The maximum absolute atomic E-state index is 12.9. The van der Waals surface area contributed by atoms with Crippen molar-refractivity contribution in [2.24, 2.45) is 0 Å². The average molecular weight is 449 g/mol. The smallest absolute Gasteiger partial charge is 0.333 e. The SMILES string of the molecule is C=CCN(CC=C)[C@H]1[C@H](N(C(C)=O)C(C)(C)C)CC(C(=O)OCC)=C[C@H]1OC(CC)CC. The maximum atomic E-state index is 12.9. The molecule has 6 heteroatoms. The zero-order chi connectivity index (χ0) is 24.5. The first-order valence-corrected chi connectivity index (χ1v) is 11.8. The van der Waals surface area contributed by atoms with Crippen LogP contribution in [-0.4, -0.2) is 71.2 Å². The second kappa shape index (κ2) is 12.9. The van der Waals surface area contributed by atoms with Gasteiger partial charge in [0.15, 0.2) is 0 Å². The van der Waals surface area contributed by atoms with Crippen LogP contribution in [0, 0.1) is 0 Å². The van der Waals surface area contributed by atoms with Gasteiger partial charge in [-0.2, -0.15) is 0 Å². The summed E-state index contributed by atoms with van der Waals surface area (Å²) in [4.78, 5) is 29.8. The van der Waals surface area contributed by atoms with E-state index in [0.29, 0.717) is 31.7 Å². The fourth-order valence-corrected chi connectivity index (χ4v) is 4.68. The zero-order valence-corrected chi connectivity index (χ0v) is 21.2. The van der Waals surface area contributed by atoms with E-state index in [9.17, 15) is 9.59 Å². The molecular formula is C26H44N2O4. The van der Waals surface area contributed by atoms with Gasteiger partial charge in [0.05, 0.1) is 30.9 Å². The Morgan fingerprint density at radius 1 is 1.16 bits per heavy atom. The Morgan fingerprint density at radius 2 is 1.72 bits per heavy atom. The van der Waals surface area contributed by atoms with Gasteiger partial charge in [-0.05, 0) is 46.6 Å². The van der Waals surface area contributed by atoms with Gasteiger partial charge in [0, 0.05) is 37.5 Å². The van der Waals surface area contributed by atoms with Crippen molar-refractivity contribution in [2.45, 2.75) is 97.6 Å². The normalized spacial score (nSPS) is 21.3. The number of hydrogen-bond acceptors (Lipinski definition) is 5. The summed E-state index contributed by atoms with van der Waals surface area (Å²) in [6.07, 6.45) is 7.45. The van der Waals surface area contributed by atoms with Gasteiger partial charge in [0.25, 0.3) is 0 Å². The Morgan fingerprint density at radius 3 is 2.12 bits per heavy atom. The molecule has 32 heavy (non-hydrogen) atoms. The Bertz CT molecular complexity index is 666. The summed E-state index contributed by atoms with van der Waals surface area (Å²) in [7, 11) is 0. The minimum absolute atomic E-state index is 0.0314. The predicted octanol–water partition coefficient (Wildman–Crippen LogP) is 4.51. The van der Waals surface area contributed by atoms with Crippen LogP contribution in [0.2, 0.25) is 0 Å². The van der Waals surface area contributed by atoms with Gasteiger partial charge in [0.1, 0.15) is 0 Å². The lowest BCUT2D eigenvalue weighted by Gasteiger charge is -2.51. The van der Waals surface area contributed by atoms with Crippen LogP contribution in [0.1, 0.15) is 67.7 Å². The van der Waals surface area contributed by atoms with Crippen LogP contribution >= 0.6 is 0 Å². The molecule has 6 nitrogen and oxygen atoms in total. The lowest BCUT2D eigenvalue weighted by Crippen LogP contribution is -2.64. The van der Waals surface area contributed by atoms with Gasteiger partial charge >= 0.3 is 5.97 Å². The number of rotatable bonds is 12. The van der Waals surface area contributed by atoms with E-state index in [2.05, 4.69) is 31.9 Å². The van der Waals surface area contributed by atoms with E-state index >= 15 is 0 Å². The highest BCUT2D eigenvalue weighted by Gasteiger charge is 2.46. The summed E-state index contributed by atoms with van der Waals surface area (Å²) < 4.78 is 11.9. The summed E-state index contributed by atoms with van der Waals surface area (Å²) in [6.45, 7) is 23.1. The van der Waals surface area contributed by atoms with Crippen LogP contribution in [0.5, 0.6) is 0 Å². The molecule has 0 heterocycles. The molecule has 1 aliphatic rings. The van der Waals surface area contributed by atoms with Crippen molar-refractivity contribution in [3.63, 3.8) is 0 Å². The highest BCUT2D eigenvalue weighted by molar-refractivity contribution is 5.89. The van der Waals surface area contributed by atoms with Crippen LogP contribution in [0.3, 0.4) is 0 Å². The molecule has 1 amide bonds. The fourth-order valence-electron chi connectivity index (χ4n) is 4.68. The molecule has 0 bridgehead atoms. The average Bonchev–Trinajstić information content (AvgIpc) is 2.70. The monoisotopic (exact) mass is 448 g/mol. The van der Waals surface area contributed by atoms with Crippen molar-refractivity contribution >= 4 is 11.9 Å². The summed E-state index contributed by atoms with van der Waals surface area (Å²) in [5.41, 5.74) is 0.135. The van der Waals surface area contributed by atoms with E-state index in [1.807, 2.05) is 43.9 Å². The number of amides is 1. The molecular weight excluding hydrogens is 404 g/mol. The van der Waals surface area contributed by atoms with Crippen molar-refractivity contribution in [3.05, 3.63) is 37.0 Å². The van der Waals surface area contributed by atoms with Crippen LogP contribution in [0.4, 0.5) is 0 Å². The van der Waals surface area contributed by atoms with E-state index < -0.39 is 5.54 Å². The Hall–Kier alpha value is -1.92. The molecule has 0 radical (unpaired) electrons. The quantitative estimate of drug-likeness (QED) is 0.325. The zero-order valence-electron chi connectivity index (χ0n) is 21.2. The van der Waals surface area contributed by atoms with E-state index in [1.165, 1.54) is 0 Å². The molecule has 0 N–H and O–H groups in total. The van der Waals surface area contributed by atoms with Crippen LogP contribution in [0.25, 0.3) is 0 Å². The highest BCUT2D eigenvalue weighted by Crippen LogP contribution is 2.34. The van der Waals surface area contributed by atoms with Gasteiger partial charge in [-0.15, -0.1) is 13.2 Å². The first-order valence-electron chi connectivity index (χ1n) is 11.8.